The second-order valence-electron chi connectivity index (χ2n) is 2.09. The summed E-state index contributed by atoms with van der Waals surface area (Å²) in [4.78, 5) is 10.3. The van der Waals surface area contributed by atoms with Crippen LogP contribution in [0.2, 0.25) is 0 Å². The smallest absolute Gasteiger partial charge is 0.168 e. The largest absolute Gasteiger partial charge is 0.312 e. The van der Waals surface area contributed by atoms with Gasteiger partial charge in [-0.15, -0.1) is 0 Å². The quantitative estimate of drug-likeness (QED) is 0.497. The van der Waals surface area contributed by atoms with Crippen molar-refractivity contribution in [3.63, 3.8) is 0 Å². The van der Waals surface area contributed by atoms with Crippen LogP contribution in [0.5, 0.6) is 0 Å². The van der Waals surface area contributed by atoms with Gasteiger partial charge in [-0.05, 0) is 6.42 Å². The molecule has 0 saturated carbocycles. The minimum Gasteiger partial charge on any atom is -0.312 e. The third-order valence-electron chi connectivity index (χ3n) is 1.21. The second-order valence-corrected chi connectivity index (χ2v) is 2.09. The predicted molar refractivity (Wildman–Crippen MR) is 34.8 cm³/mol. The van der Waals surface area contributed by atoms with Crippen molar-refractivity contribution in [1.29, 1.82) is 0 Å². The maximum atomic E-state index is 10.3. The maximum Gasteiger partial charge on any atom is 0.168 e. The van der Waals surface area contributed by atoms with Crippen LogP contribution in [-0.4, -0.2) is 13.5 Å². The van der Waals surface area contributed by atoms with Crippen LogP contribution in [0.1, 0.15) is 26.7 Å². The van der Waals surface area contributed by atoms with Gasteiger partial charge in [0.05, 0.1) is 5.68 Å². The van der Waals surface area contributed by atoms with E-state index in [1.807, 2.05) is 13.8 Å². The summed E-state index contributed by atoms with van der Waals surface area (Å²) in [6, 6.07) is 0. The molecule has 0 saturated heterocycles. The third-order valence-corrected chi connectivity index (χ3v) is 1.21. The lowest BCUT2D eigenvalue weighted by Crippen LogP contribution is -2.09. The Kier molecular flexibility index (Phi) is 3.58. The molecule has 0 bridgehead atoms. The lowest BCUT2D eigenvalue weighted by atomic mass is 9.88. The molecule has 0 rings (SSSR count). The van der Waals surface area contributed by atoms with Gasteiger partial charge in [-0.2, -0.15) is 0 Å². The molecule has 1 unspecified atom stereocenters. The molecular formula is C6H11BO. The van der Waals surface area contributed by atoms with Crippen molar-refractivity contribution in [2.24, 2.45) is 5.92 Å². The van der Waals surface area contributed by atoms with Gasteiger partial charge in [0.1, 0.15) is 0 Å². The van der Waals surface area contributed by atoms with Gasteiger partial charge >= 0.3 is 0 Å². The van der Waals surface area contributed by atoms with Crippen molar-refractivity contribution in [1.82, 2.24) is 0 Å². The Bertz CT molecular complexity index is 80.6. The van der Waals surface area contributed by atoms with E-state index < -0.39 is 0 Å². The van der Waals surface area contributed by atoms with Gasteiger partial charge in [-0.1, -0.05) is 20.3 Å². The zero-order valence-corrected chi connectivity index (χ0v) is 5.48. The molecular weight excluding hydrogens is 98.9 g/mol. The fourth-order valence-electron chi connectivity index (χ4n) is 0.575. The molecule has 0 amide bonds. The van der Waals surface area contributed by atoms with Crippen molar-refractivity contribution < 1.29 is 4.79 Å². The van der Waals surface area contributed by atoms with Crippen molar-refractivity contribution in [3.05, 3.63) is 0 Å². The van der Waals surface area contributed by atoms with E-state index in [-0.39, 0.29) is 11.6 Å². The van der Waals surface area contributed by atoms with E-state index in [1.165, 1.54) is 0 Å². The summed E-state index contributed by atoms with van der Waals surface area (Å²) in [6.45, 7) is 3.89. The first kappa shape index (κ1) is 7.73. The van der Waals surface area contributed by atoms with Gasteiger partial charge in [0.15, 0.2) is 7.85 Å². The van der Waals surface area contributed by atoms with Gasteiger partial charge < -0.3 is 4.79 Å². The summed E-state index contributed by atoms with van der Waals surface area (Å²) in [5.41, 5.74) is -0.188. The molecule has 1 atom stereocenters. The number of carbonyl (C=O) groups excluding carboxylic acids is 1. The Hall–Kier alpha value is -0.265. The summed E-state index contributed by atoms with van der Waals surface area (Å²) >= 11 is 0. The Morgan fingerprint density at radius 1 is 1.75 bits per heavy atom. The molecule has 44 valence electrons. The van der Waals surface area contributed by atoms with E-state index in [2.05, 4.69) is 0 Å². The van der Waals surface area contributed by atoms with Gasteiger partial charge in [-0.25, -0.2) is 0 Å². The first-order valence-corrected chi connectivity index (χ1v) is 2.97. The Labute approximate surface area is 51.9 Å². The minimum atomic E-state index is -0.188. The zero-order valence-electron chi connectivity index (χ0n) is 5.48. The highest BCUT2D eigenvalue weighted by atomic mass is 16.1. The predicted octanol–water partition coefficient (Wildman–Crippen LogP) is 1.12. The molecule has 0 aromatic carbocycles. The van der Waals surface area contributed by atoms with Crippen LogP contribution in [0.15, 0.2) is 0 Å². The van der Waals surface area contributed by atoms with Gasteiger partial charge in [-0.3, -0.25) is 0 Å². The van der Waals surface area contributed by atoms with Crippen LogP contribution in [0, 0.1) is 5.92 Å². The average Bonchev–Trinajstić information content (AvgIpc) is 1.67. The highest BCUT2D eigenvalue weighted by Crippen LogP contribution is 2.02. The van der Waals surface area contributed by atoms with Crippen LogP contribution in [-0.2, 0) is 4.79 Å². The monoisotopic (exact) mass is 110 g/mol. The van der Waals surface area contributed by atoms with E-state index in [4.69, 9.17) is 7.85 Å². The van der Waals surface area contributed by atoms with Gasteiger partial charge in [0.25, 0.3) is 0 Å². The van der Waals surface area contributed by atoms with E-state index in [9.17, 15) is 4.79 Å². The highest BCUT2D eigenvalue weighted by molar-refractivity contribution is 6.58. The Morgan fingerprint density at radius 2 is 2.25 bits per heavy atom. The zero-order chi connectivity index (χ0) is 6.57. The number of hydrogen-bond donors (Lipinski definition) is 0. The van der Waals surface area contributed by atoms with Crippen molar-refractivity contribution >= 4 is 13.5 Å². The molecule has 0 N–H and O–H groups in total. The summed E-state index contributed by atoms with van der Waals surface area (Å²) in [6.07, 6.45) is 1.94. The van der Waals surface area contributed by atoms with E-state index >= 15 is 0 Å². The standard InChI is InChI=1S/C6H11BO/c1-3-4-5(2)6(7)8/h5H,3-4H2,1-2H3. The minimum absolute atomic E-state index is 0.0556. The normalized spacial score (nSPS) is 13.2. The number of hydrogen-bond acceptors (Lipinski definition) is 1. The second kappa shape index (κ2) is 3.70. The molecule has 1 nitrogen and oxygen atoms in total. The van der Waals surface area contributed by atoms with Gasteiger partial charge in [0, 0.05) is 5.92 Å². The number of rotatable bonds is 3. The topological polar surface area (TPSA) is 17.1 Å². The lowest BCUT2D eigenvalue weighted by molar-refractivity contribution is -0.114. The molecule has 0 aromatic rings. The Balaban J connectivity index is 3.32. The van der Waals surface area contributed by atoms with E-state index in [0.29, 0.717) is 0 Å². The Morgan fingerprint density at radius 3 is 2.38 bits per heavy atom. The molecule has 0 fully saturated rings. The average molecular weight is 110 g/mol. The molecule has 0 heterocycles. The first-order chi connectivity index (χ1) is 3.68. The van der Waals surface area contributed by atoms with Crippen LogP contribution in [0.3, 0.4) is 0 Å². The van der Waals surface area contributed by atoms with Crippen LogP contribution in [0.4, 0.5) is 0 Å². The van der Waals surface area contributed by atoms with Crippen molar-refractivity contribution in [3.8, 4) is 0 Å². The van der Waals surface area contributed by atoms with Crippen molar-refractivity contribution in [2.75, 3.05) is 0 Å². The van der Waals surface area contributed by atoms with Crippen LogP contribution >= 0.6 is 0 Å². The van der Waals surface area contributed by atoms with E-state index in [1.54, 1.807) is 0 Å². The number of carbonyl (C=O) groups is 1. The molecule has 2 radical (unpaired) electrons. The van der Waals surface area contributed by atoms with Crippen LogP contribution in [0.25, 0.3) is 0 Å². The lowest BCUT2D eigenvalue weighted by Gasteiger charge is -2.02. The van der Waals surface area contributed by atoms with Crippen LogP contribution < -0.4 is 0 Å². The fourth-order valence-corrected chi connectivity index (χ4v) is 0.575. The summed E-state index contributed by atoms with van der Waals surface area (Å²) in [5, 5.41) is 0. The SMILES string of the molecule is [B]C(=O)C(C)CCC. The molecule has 0 aliphatic heterocycles. The summed E-state index contributed by atoms with van der Waals surface area (Å²) in [7, 11) is 4.98. The molecule has 0 aliphatic rings. The highest BCUT2D eigenvalue weighted by Gasteiger charge is 2.02. The molecule has 0 aromatic heterocycles. The third kappa shape index (κ3) is 2.83. The molecule has 8 heavy (non-hydrogen) atoms. The maximum absolute atomic E-state index is 10.3. The summed E-state index contributed by atoms with van der Waals surface area (Å²) < 4.78 is 0. The summed E-state index contributed by atoms with van der Waals surface area (Å²) in [5.74, 6) is 0.0556. The fraction of sp³-hybridized carbons (Fsp3) is 0.833. The van der Waals surface area contributed by atoms with Gasteiger partial charge in [0.2, 0.25) is 0 Å². The molecule has 0 aliphatic carbocycles. The molecule has 2 heteroatoms. The molecule has 0 spiro atoms. The first-order valence-electron chi connectivity index (χ1n) is 2.97. The van der Waals surface area contributed by atoms with E-state index in [0.717, 1.165) is 12.8 Å². The van der Waals surface area contributed by atoms with Crippen molar-refractivity contribution in [2.45, 2.75) is 26.7 Å².